The highest BCUT2D eigenvalue weighted by Crippen LogP contribution is 2.64. The molecular formula is C13H13Cl2F2NO. The SMILES string of the molecule is CN(Cc1ccc(F)cc1F)C(=O)C1(C)CC1(Cl)Cl. The normalized spacial score (nSPS) is 24.1. The lowest BCUT2D eigenvalue weighted by atomic mass is 10.1. The van der Waals surface area contributed by atoms with Gasteiger partial charge in [-0.25, -0.2) is 8.78 Å². The van der Waals surface area contributed by atoms with Gasteiger partial charge >= 0.3 is 0 Å². The Morgan fingerprint density at radius 3 is 2.47 bits per heavy atom. The zero-order valence-electron chi connectivity index (χ0n) is 10.5. The molecule has 0 radical (unpaired) electrons. The predicted molar refractivity (Wildman–Crippen MR) is 70.0 cm³/mol. The van der Waals surface area contributed by atoms with E-state index in [1.807, 2.05) is 0 Å². The van der Waals surface area contributed by atoms with E-state index >= 15 is 0 Å². The molecule has 1 amide bonds. The lowest BCUT2D eigenvalue weighted by Crippen LogP contribution is -2.35. The first-order valence-corrected chi connectivity index (χ1v) is 6.50. The number of halogens is 4. The lowest BCUT2D eigenvalue weighted by Gasteiger charge is -2.22. The van der Waals surface area contributed by atoms with Gasteiger partial charge in [0.2, 0.25) is 5.91 Å². The molecule has 1 aromatic carbocycles. The van der Waals surface area contributed by atoms with Gasteiger partial charge in [-0.3, -0.25) is 4.79 Å². The summed E-state index contributed by atoms with van der Waals surface area (Å²) in [4.78, 5) is 13.5. The lowest BCUT2D eigenvalue weighted by molar-refractivity contribution is -0.135. The van der Waals surface area contributed by atoms with Crippen molar-refractivity contribution >= 4 is 29.1 Å². The minimum Gasteiger partial charge on any atom is -0.341 e. The summed E-state index contributed by atoms with van der Waals surface area (Å²) in [5.74, 6) is -1.57. The number of carbonyl (C=O) groups is 1. The van der Waals surface area contributed by atoms with Crippen molar-refractivity contribution in [1.82, 2.24) is 4.90 Å². The Morgan fingerprint density at radius 1 is 1.42 bits per heavy atom. The molecule has 2 nitrogen and oxygen atoms in total. The molecule has 0 heterocycles. The summed E-state index contributed by atoms with van der Waals surface area (Å²) in [5.41, 5.74) is -0.585. The van der Waals surface area contributed by atoms with Crippen LogP contribution in [0.4, 0.5) is 8.78 Å². The summed E-state index contributed by atoms with van der Waals surface area (Å²) in [7, 11) is 1.54. The second-order valence-electron chi connectivity index (χ2n) is 5.11. The number of carbonyl (C=O) groups excluding carboxylic acids is 1. The fourth-order valence-electron chi connectivity index (χ4n) is 2.03. The Balaban J connectivity index is 2.10. The van der Waals surface area contributed by atoms with Crippen LogP contribution in [0, 0.1) is 17.0 Å². The second kappa shape index (κ2) is 4.60. The van der Waals surface area contributed by atoms with E-state index in [9.17, 15) is 13.6 Å². The van der Waals surface area contributed by atoms with Crippen LogP contribution in [0.2, 0.25) is 0 Å². The Hall–Kier alpha value is -0.870. The van der Waals surface area contributed by atoms with Gasteiger partial charge in [-0.05, 0) is 19.4 Å². The highest BCUT2D eigenvalue weighted by Gasteiger charge is 2.68. The Bertz CT molecular complexity index is 535. The third-order valence-corrected chi connectivity index (χ3v) is 4.60. The Morgan fingerprint density at radius 2 is 2.00 bits per heavy atom. The van der Waals surface area contributed by atoms with Crippen LogP contribution in [0.1, 0.15) is 18.9 Å². The molecule has 19 heavy (non-hydrogen) atoms. The van der Waals surface area contributed by atoms with E-state index in [2.05, 4.69) is 0 Å². The fraction of sp³-hybridized carbons (Fsp3) is 0.462. The summed E-state index contributed by atoms with van der Waals surface area (Å²) < 4.78 is 25.2. The number of nitrogens with zero attached hydrogens (tertiary/aromatic N) is 1. The van der Waals surface area contributed by atoms with E-state index < -0.39 is 21.4 Å². The Labute approximate surface area is 120 Å². The number of hydrogen-bond acceptors (Lipinski definition) is 1. The van der Waals surface area contributed by atoms with Crippen molar-refractivity contribution in [1.29, 1.82) is 0 Å². The van der Waals surface area contributed by atoms with Crippen LogP contribution in [0.3, 0.4) is 0 Å². The third-order valence-electron chi connectivity index (χ3n) is 3.50. The first kappa shape index (κ1) is 14.5. The van der Waals surface area contributed by atoms with Crippen molar-refractivity contribution in [3.63, 3.8) is 0 Å². The molecule has 1 aliphatic carbocycles. The van der Waals surface area contributed by atoms with E-state index in [-0.39, 0.29) is 18.0 Å². The van der Waals surface area contributed by atoms with Crippen molar-refractivity contribution in [3.05, 3.63) is 35.4 Å². The summed E-state index contributed by atoms with van der Waals surface area (Å²) >= 11 is 11.9. The van der Waals surface area contributed by atoms with Crippen LogP contribution >= 0.6 is 23.2 Å². The molecule has 0 spiro atoms. The molecule has 0 aliphatic heterocycles. The number of hydrogen-bond donors (Lipinski definition) is 0. The molecule has 1 unspecified atom stereocenters. The quantitative estimate of drug-likeness (QED) is 0.783. The summed E-state index contributed by atoms with van der Waals surface area (Å²) in [6.07, 6.45) is 0.373. The summed E-state index contributed by atoms with van der Waals surface area (Å²) in [6, 6.07) is 3.27. The van der Waals surface area contributed by atoms with Crippen molar-refractivity contribution in [2.75, 3.05) is 7.05 Å². The number of amides is 1. The molecule has 1 atom stereocenters. The summed E-state index contributed by atoms with van der Waals surface area (Å²) in [6.45, 7) is 1.72. The van der Waals surface area contributed by atoms with Crippen LogP contribution in [0.5, 0.6) is 0 Å². The van der Waals surface area contributed by atoms with E-state index in [1.54, 1.807) is 14.0 Å². The van der Waals surface area contributed by atoms with Crippen molar-refractivity contribution in [2.24, 2.45) is 5.41 Å². The topological polar surface area (TPSA) is 20.3 Å². The Kier molecular flexibility index (Phi) is 3.52. The van der Waals surface area contributed by atoms with Gasteiger partial charge in [0.1, 0.15) is 16.0 Å². The van der Waals surface area contributed by atoms with Crippen LogP contribution in [0.25, 0.3) is 0 Å². The largest absolute Gasteiger partial charge is 0.341 e. The standard InChI is InChI=1S/C13H13Cl2F2NO/c1-12(7-13(12,14)15)11(19)18(2)6-8-3-4-9(16)5-10(8)17/h3-5H,6-7H2,1-2H3. The van der Waals surface area contributed by atoms with Gasteiger partial charge in [-0.15, -0.1) is 23.2 Å². The second-order valence-corrected chi connectivity index (χ2v) is 6.59. The van der Waals surface area contributed by atoms with Gasteiger partial charge in [0, 0.05) is 25.2 Å². The maximum Gasteiger partial charge on any atom is 0.231 e. The molecule has 0 saturated heterocycles. The monoisotopic (exact) mass is 307 g/mol. The molecule has 104 valence electrons. The van der Waals surface area contributed by atoms with Crippen molar-refractivity contribution < 1.29 is 13.6 Å². The molecule has 0 bridgehead atoms. The van der Waals surface area contributed by atoms with Crippen LogP contribution in [-0.2, 0) is 11.3 Å². The zero-order valence-corrected chi connectivity index (χ0v) is 12.0. The highest BCUT2D eigenvalue weighted by molar-refractivity contribution is 6.53. The van der Waals surface area contributed by atoms with Crippen LogP contribution < -0.4 is 0 Å². The average molecular weight is 308 g/mol. The van der Waals surface area contributed by atoms with Gasteiger partial charge in [0.25, 0.3) is 0 Å². The molecule has 0 aromatic heterocycles. The van der Waals surface area contributed by atoms with Gasteiger partial charge in [-0.1, -0.05) is 6.07 Å². The minimum atomic E-state index is -1.06. The average Bonchev–Trinajstić information content (AvgIpc) is 2.82. The molecular weight excluding hydrogens is 295 g/mol. The van der Waals surface area contributed by atoms with Gasteiger partial charge in [0.15, 0.2) is 0 Å². The third kappa shape index (κ3) is 2.56. The van der Waals surface area contributed by atoms with Gasteiger partial charge in [0.05, 0.1) is 5.41 Å². The first-order chi connectivity index (χ1) is 8.67. The van der Waals surface area contributed by atoms with E-state index in [1.165, 1.54) is 11.0 Å². The molecule has 0 N–H and O–H groups in total. The maximum atomic E-state index is 13.5. The predicted octanol–water partition coefficient (Wildman–Crippen LogP) is 3.51. The maximum absolute atomic E-state index is 13.5. The molecule has 1 saturated carbocycles. The van der Waals surface area contributed by atoms with Gasteiger partial charge in [-0.2, -0.15) is 0 Å². The highest BCUT2D eigenvalue weighted by atomic mass is 35.5. The summed E-state index contributed by atoms with van der Waals surface area (Å²) in [5, 5.41) is 0. The van der Waals surface area contributed by atoms with Crippen molar-refractivity contribution in [2.45, 2.75) is 24.2 Å². The van der Waals surface area contributed by atoms with Gasteiger partial charge < -0.3 is 4.90 Å². The number of alkyl halides is 2. The van der Waals surface area contributed by atoms with E-state index in [0.717, 1.165) is 12.1 Å². The van der Waals surface area contributed by atoms with E-state index in [0.29, 0.717) is 6.42 Å². The van der Waals surface area contributed by atoms with Crippen LogP contribution in [-0.4, -0.2) is 22.2 Å². The molecule has 6 heteroatoms. The molecule has 1 fully saturated rings. The first-order valence-electron chi connectivity index (χ1n) is 5.75. The molecule has 1 aliphatic rings. The van der Waals surface area contributed by atoms with Crippen molar-refractivity contribution in [3.8, 4) is 0 Å². The minimum absolute atomic E-state index is 0.0460. The molecule has 2 rings (SSSR count). The number of rotatable bonds is 3. The molecule has 1 aromatic rings. The fourth-order valence-corrected chi connectivity index (χ4v) is 2.73. The van der Waals surface area contributed by atoms with E-state index in [4.69, 9.17) is 23.2 Å². The number of benzene rings is 1. The smallest absolute Gasteiger partial charge is 0.231 e. The zero-order chi connectivity index (χ0) is 14.4. The van der Waals surface area contributed by atoms with Crippen LogP contribution in [0.15, 0.2) is 18.2 Å².